The van der Waals surface area contributed by atoms with Crippen LogP contribution in [0.15, 0.2) is 53.4 Å². The average Bonchev–Trinajstić information content (AvgIpc) is 2.40. The Balaban J connectivity index is 2.16. The summed E-state index contributed by atoms with van der Waals surface area (Å²) in [6, 6.07) is 10.7. The lowest BCUT2D eigenvalue weighted by atomic mass is 10.3. The lowest BCUT2D eigenvalue weighted by Gasteiger charge is -2.09. The summed E-state index contributed by atoms with van der Waals surface area (Å²) in [5.41, 5.74) is 0.903. The van der Waals surface area contributed by atoms with Gasteiger partial charge in [0.25, 0.3) is 10.0 Å². The van der Waals surface area contributed by atoms with E-state index in [1.807, 2.05) is 0 Å². The second kappa shape index (κ2) is 5.92. The van der Waals surface area contributed by atoms with Gasteiger partial charge in [0.15, 0.2) is 0 Å². The SMILES string of the molecule is CC(=O)Nc1ccc(NS(=O)(=O)c2ccc(F)cc2)cc1. The van der Waals surface area contributed by atoms with Crippen LogP contribution in [0.3, 0.4) is 0 Å². The van der Waals surface area contributed by atoms with Crippen LogP contribution in [0.1, 0.15) is 6.92 Å². The summed E-state index contributed by atoms with van der Waals surface area (Å²) in [4.78, 5) is 10.9. The summed E-state index contributed by atoms with van der Waals surface area (Å²) in [6.07, 6.45) is 0. The highest BCUT2D eigenvalue weighted by molar-refractivity contribution is 7.92. The molecule has 0 unspecified atom stereocenters. The maximum absolute atomic E-state index is 12.8. The van der Waals surface area contributed by atoms with Gasteiger partial charge in [-0.15, -0.1) is 0 Å². The number of rotatable bonds is 4. The molecule has 0 heterocycles. The first-order chi connectivity index (χ1) is 9.87. The molecular weight excluding hydrogens is 295 g/mol. The summed E-state index contributed by atoms with van der Waals surface area (Å²) in [5.74, 6) is -0.719. The smallest absolute Gasteiger partial charge is 0.261 e. The van der Waals surface area contributed by atoms with Gasteiger partial charge in [0.1, 0.15) is 5.82 Å². The number of hydrogen-bond acceptors (Lipinski definition) is 3. The number of amides is 1. The topological polar surface area (TPSA) is 75.3 Å². The van der Waals surface area contributed by atoms with Crippen LogP contribution in [0, 0.1) is 5.82 Å². The van der Waals surface area contributed by atoms with Crippen molar-refractivity contribution >= 4 is 27.3 Å². The quantitative estimate of drug-likeness (QED) is 0.911. The van der Waals surface area contributed by atoms with Crippen molar-refractivity contribution in [2.45, 2.75) is 11.8 Å². The molecule has 21 heavy (non-hydrogen) atoms. The van der Waals surface area contributed by atoms with Gasteiger partial charge in [-0.2, -0.15) is 0 Å². The largest absolute Gasteiger partial charge is 0.326 e. The zero-order valence-corrected chi connectivity index (χ0v) is 11.9. The minimum atomic E-state index is -3.77. The van der Waals surface area contributed by atoms with Gasteiger partial charge < -0.3 is 5.32 Å². The highest BCUT2D eigenvalue weighted by atomic mass is 32.2. The molecule has 0 radical (unpaired) electrons. The molecule has 2 aromatic carbocycles. The molecule has 110 valence electrons. The Morgan fingerprint density at radius 2 is 1.48 bits per heavy atom. The van der Waals surface area contributed by atoms with Gasteiger partial charge in [0, 0.05) is 18.3 Å². The van der Waals surface area contributed by atoms with E-state index >= 15 is 0 Å². The first kappa shape index (κ1) is 15.0. The molecule has 0 fully saturated rings. The number of carbonyl (C=O) groups excluding carboxylic acids is 1. The number of sulfonamides is 1. The van der Waals surface area contributed by atoms with E-state index in [9.17, 15) is 17.6 Å². The van der Waals surface area contributed by atoms with E-state index in [2.05, 4.69) is 10.0 Å². The molecule has 0 atom stereocenters. The third kappa shape index (κ3) is 4.03. The Morgan fingerprint density at radius 1 is 0.952 bits per heavy atom. The predicted molar refractivity (Wildman–Crippen MR) is 78.0 cm³/mol. The van der Waals surface area contributed by atoms with Crippen LogP contribution < -0.4 is 10.0 Å². The molecular formula is C14H13FN2O3S. The van der Waals surface area contributed by atoms with Crippen molar-refractivity contribution in [1.29, 1.82) is 0 Å². The maximum atomic E-state index is 12.8. The van der Waals surface area contributed by atoms with E-state index in [1.54, 1.807) is 12.1 Å². The van der Waals surface area contributed by atoms with Crippen molar-refractivity contribution in [3.05, 3.63) is 54.3 Å². The van der Waals surface area contributed by atoms with Crippen molar-refractivity contribution in [1.82, 2.24) is 0 Å². The second-order valence-electron chi connectivity index (χ2n) is 4.32. The van der Waals surface area contributed by atoms with Crippen molar-refractivity contribution in [3.63, 3.8) is 0 Å². The van der Waals surface area contributed by atoms with E-state index in [4.69, 9.17) is 0 Å². The van der Waals surface area contributed by atoms with Gasteiger partial charge in [0.2, 0.25) is 5.91 Å². The minimum absolute atomic E-state index is 0.0326. The van der Waals surface area contributed by atoms with E-state index in [0.29, 0.717) is 11.4 Å². The van der Waals surface area contributed by atoms with E-state index < -0.39 is 15.8 Å². The fourth-order valence-electron chi connectivity index (χ4n) is 1.65. The lowest BCUT2D eigenvalue weighted by molar-refractivity contribution is -0.114. The molecule has 7 heteroatoms. The van der Waals surface area contributed by atoms with Gasteiger partial charge in [-0.3, -0.25) is 9.52 Å². The molecule has 0 saturated heterocycles. The molecule has 0 saturated carbocycles. The van der Waals surface area contributed by atoms with Gasteiger partial charge in [-0.25, -0.2) is 12.8 Å². The molecule has 2 rings (SSSR count). The summed E-state index contributed by atoms with van der Waals surface area (Å²) < 4.78 is 39.3. The summed E-state index contributed by atoms with van der Waals surface area (Å²) in [7, 11) is -3.77. The highest BCUT2D eigenvalue weighted by Gasteiger charge is 2.13. The Hall–Kier alpha value is -2.41. The Morgan fingerprint density at radius 3 is 2.00 bits per heavy atom. The zero-order chi connectivity index (χ0) is 15.5. The maximum Gasteiger partial charge on any atom is 0.261 e. The van der Waals surface area contributed by atoms with Gasteiger partial charge >= 0.3 is 0 Å². The van der Waals surface area contributed by atoms with Crippen LogP contribution in [0.25, 0.3) is 0 Å². The number of anilines is 2. The Bertz CT molecular complexity index is 741. The van der Waals surface area contributed by atoms with E-state index in [1.165, 1.54) is 31.2 Å². The summed E-state index contributed by atoms with van der Waals surface area (Å²) >= 11 is 0. The number of hydrogen-bond donors (Lipinski definition) is 2. The Labute approximate surface area is 121 Å². The molecule has 0 spiro atoms. The Kier molecular flexibility index (Phi) is 4.23. The first-order valence-corrected chi connectivity index (χ1v) is 7.51. The van der Waals surface area contributed by atoms with Crippen molar-refractivity contribution in [3.8, 4) is 0 Å². The van der Waals surface area contributed by atoms with E-state index in [-0.39, 0.29) is 10.8 Å². The molecule has 0 aliphatic carbocycles. The molecule has 2 N–H and O–H groups in total. The molecule has 0 aromatic heterocycles. The number of halogens is 1. The second-order valence-corrected chi connectivity index (χ2v) is 6.00. The van der Waals surface area contributed by atoms with Gasteiger partial charge in [-0.1, -0.05) is 0 Å². The fraction of sp³-hybridized carbons (Fsp3) is 0.0714. The van der Waals surface area contributed by atoms with Gasteiger partial charge in [0.05, 0.1) is 4.90 Å². The average molecular weight is 308 g/mol. The third-order valence-corrected chi connectivity index (χ3v) is 3.98. The first-order valence-electron chi connectivity index (χ1n) is 6.03. The molecule has 2 aromatic rings. The minimum Gasteiger partial charge on any atom is -0.326 e. The monoisotopic (exact) mass is 308 g/mol. The van der Waals surface area contributed by atoms with Crippen LogP contribution >= 0.6 is 0 Å². The summed E-state index contributed by atoms with van der Waals surface area (Å²) in [6.45, 7) is 1.38. The van der Waals surface area contributed by atoms with E-state index in [0.717, 1.165) is 12.1 Å². The van der Waals surface area contributed by atoms with Crippen molar-refractivity contribution in [2.75, 3.05) is 10.0 Å². The molecule has 5 nitrogen and oxygen atoms in total. The lowest BCUT2D eigenvalue weighted by Crippen LogP contribution is -2.13. The third-order valence-electron chi connectivity index (χ3n) is 2.58. The van der Waals surface area contributed by atoms with Crippen molar-refractivity contribution in [2.24, 2.45) is 0 Å². The van der Waals surface area contributed by atoms with Crippen LogP contribution in [0.2, 0.25) is 0 Å². The zero-order valence-electron chi connectivity index (χ0n) is 11.1. The number of nitrogens with one attached hydrogen (secondary N) is 2. The summed E-state index contributed by atoms with van der Waals surface area (Å²) in [5, 5.41) is 2.57. The number of carbonyl (C=O) groups is 1. The fourth-order valence-corrected chi connectivity index (χ4v) is 2.71. The molecule has 0 bridgehead atoms. The van der Waals surface area contributed by atoms with Crippen LogP contribution in [-0.2, 0) is 14.8 Å². The van der Waals surface area contributed by atoms with Crippen LogP contribution in [0.5, 0.6) is 0 Å². The molecule has 0 aliphatic rings. The normalized spacial score (nSPS) is 11.0. The molecule has 0 aliphatic heterocycles. The van der Waals surface area contributed by atoms with Crippen molar-refractivity contribution < 1.29 is 17.6 Å². The van der Waals surface area contributed by atoms with Crippen LogP contribution in [0.4, 0.5) is 15.8 Å². The van der Waals surface area contributed by atoms with Crippen LogP contribution in [-0.4, -0.2) is 14.3 Å². The molecule has 1 amide bonds. The standard InChI is InChI=1S/C14H13FN2O3S/c1-10(18)16-12-4-6-13(7-5-12)17-21(19,20)14-8-2-11(15)3-9-14/h2-9,17H,1H3,(H,16,18). The predicted octanol–water partition coefficient (Wildman–Crippen LogP) is 2.58. The number of benzene rings is 2. The highest BCUT2D eigenvalue weighted by Crippen LogP contribution is 2.18. The van der Waals surface area contributed by atoms with Gasteiger partial charge in [-0.05, 0) is 48.5 Å².